The van der Waals surface area contributed by atoms with E-state index in [2.05, 4.69) is 25.9 Å². The van der Waals surface area contributed by atoms with Crippen LogP contribution in [-0.2, 0) is 88.7 Å². The number of esters is 1. The number of aliphatic carboxylic acids is 5. The van der Waals surface area contributed by atoms with Crippen molar-refractivity contribution in [2.45, 2.75) is 196 Å². The van der Waals surface area contributed by atoms with Crippen LogP contribution in [0.1, 0.15) is 195 Å². The topological polar surface area (TPSA) is 465 Å². The van der Waals surface area contributed by atoms with Crippen molar-refractivity contribution in [3.63, 3.8) is 0 Å². The van der Waals surface area contributed by atoms with Crippen molar-refractivity contribution in [1.82, 2.24) is 35.7 Å². The van der Waals surface area contributed by atoms with E-state index in [1.807, 2.05) is 58.9 Å². The molecule has 0 bridgehead atoms. The van der Waals surface area contributed by atoms with Crippen molar-refractivity contribution in [2.75, 3.05) is 26.2 Å². The molecule has 2 heterocycles. The number of aromatic nitrogens is 2. The second-order valence-electron chi connectivity index (χ2n) is 23.8. The minimum atomic E-state index is -1.67. The van der Waals surface area contributed by atoms with E-state index < -0.39 is 102 Å². The number of rotatable bonds is 46. The summed E-state index contributed by atoms with van der Waals surface area (Å²) in [5.74, 6) is -12.1. The van der Waals surface area contributed by atoms with Gasteiger partial charge in [-0.1, -0.05) is 62.4 Å². The fourth-order valence-electron chi connectivity index (χ4n) is 10.1. The summed E-state index contributed by atoms with van der Waals surface area (Å²) in [7, 11) is 0. The number of aliphatic hydroxyl groups excluding tert-OH is 1. The van der Waals surface area contributed by atoms with Crippen LogP contribution in [0, 0.1) is 17.8 Å². The number of aliphatic hydroxyl groups is 1. The van der Waals surface area contributed by atoms with Gasteiger partial charge < -0.3 is 85.0 Å². The number of nitrogens with one attached hydrogen (secondary N) is 3. The number of hydrogen-bond donors (Lipinski definition) is 6. The Morgan fingerprint density at radius 2 is 0.830 bits per heavy atom. The number of benzene rings is 2. The van der Waals surface area contributed by atoms with Crippen molar-refractivity contribution in [3.05, 3.63) is 119 Å². The summed E-state index contributed by atoms with van der Waals surface area (Å²) in [6.45, 7) is 16.6. The van der Waals surface area contributed by atoms with E-state index >= 15 is 0 Å². The van der Waals surface area contributed by atoms with Gasteiger partial charge in [-0.05, 0) is 146 Å². The molecule has 4 rings (SSSR count). The van der Waals surface area contributed by atoms with Crippen LogP contribution in [0.15, 0.2) is 85.2 Å². The summed E-state index contributed by atoms with van der Waals surface area (Å²) in [5.41, 5.74) is 4.03. The number of carbonyl (C=O) groups excluding carboxylic acids is 12. The molecular weight excluding hydrogens is 1410 g/mol. The third kappa shape index (κ3) is 39.4. The largest absolute Gasteiger partial charge is 1.00 e. The van der Waals surface area contributed by atoms with Gasteiger partial charge in [0.15, 0.2) is 0 Å². The molecule has 4 aromatic rings. The average Bonchev–Trinajstić information content (AvgIpc) is 0.849. The van der Waals surface area contributed by atoms with Gasteiger partial charge in [0.05, 0.1) is 30.6 Å². The number of pyridine rings is 2. The van der Waals surface area contributed by atoms with Gasteiger partial charge in [-0.15, -0.1) is 0 Å². The number of nitrogens with zero attached hydrogens (tertiary/aromatic N) is 4. The molecule has 0 radical (unpaired) electrons. The second kappa shape index (κ2) is 55.8. The Morgan fingerprint density at radius 1 is 0.462 bits per heavy atom. The first-order valence-electron chi connectivity index (χ1n) is 34.1. The smallest absolute Gasteiger partial charge is 0.550 e. The van der Waals surface area contributed by atoms with E-state index in [-0.39, 0.29) is 208 Å². The molecule has 6 N–H and O–H groups in total. The summed E-state index contributed by atoms with van der Waals surface area (Å²) >= 11 is 0. The first-order chi connectivity index (χ1) is 48.9. The third-order valence-corrected chi connectivity index (χ3v) is 16.5. The molecule has 0 saturated carbocycles. The minimum absolute atomic E-state index is 0. The molecule has 0 aliphatic carbocycles. The van der Waals surface area contributed by atoms with Crippen LogP contribution in [0.5, 0.6) is 11.8 Å². The molecule has 33 heteroatoms. The van der Waals surface area contributed by atoms with Gasteiger partial charge in [0, 0.05) is 101 Å². The summed E-state index contributed by atoms with van der Waals surface area (Å²) in [4.78, 5) is 178. The monoisotopic (exact) mass is 1510 g/mol. The zero-order valence-corrected chi connectivity index (χ0v) is 68.6. The van der Waals surface area contributed by atoms with Gasteiger partial charge in [0.25, 0.3) is 11.8 Å². The number of carbonyl (C=O) groups is 14. The summed E-state index contributed by atoms with van der Waals surface area (Å²) in [5, 5.41) is 66.8. The van der Waals surface area contributed by atoms with Crippen molar-refractivity contribution in [1.29, 1.82) is 0 Å². The molecule has 0 saturated heterocycles. The first kappa shape index (κ1) is 101. The third-order valence-electron chi connectivity index (χ3n) is 16.5. The van der Waals surface area contributed by atoms with Crippen LogP contribution in [0.4, 0.5) is 0 Å². The van der Waals surface area contributed by atoms with E-state index in [1.165, 1.54) is 20.0 Å². The average molecular weight is 1510 g/mol. The Morgan fingerprint density at radius 3 is 1.19 bits per heavy atom. The number of carboxylic acid groups (broad SMARTS) is 5. The zero-order valence-electron chi connectivity index (χ0n) is 62.6. The number of hydrogen-bond acceptors (Lipinski definition) is 23. The molecule has 2 aromatic heterocycles. The van der Waals surface area contributed by atoms with Gasteiger partial charge in [0.2, 0.25) is 29.5 Å². The first-order valence-corrected chi connectivity index (χ1v) is 34.1. The molecule has 2 aromatic carbocycles. The zero-order chi connectivity index (χ0) is 77.1. The van der Waals surface area contributed by atoms with Gasteiger partial charge in [-0.25, -0.2) is 14.8 Å². The molecule has 0 aliphatic rings. The van der Waals surface area contributed by atoms with Crippen LogP contribution >= 0.6 is 0 Å². The number of Topliss-reactive ketones (excluding diaryl/α,β-unsaturated/α-hetero) is 3. The number of carboxylic acids is 5. The summed E-state index contributed by atoms with van der Waals surface area (Å²) in [6, 6.07) is 16.9. The number of amides is 5. The molecule has 106 heavy (non-hydrogen) atoms. The van der Waals surface area contributed by atoms with Crippen LogP contribution in [0.25, 0.3) is 0 Å². The maximum atomic E-state index is 13.1. The van der Waals surface area contributed by atoms with Crippen LogP contribution in [0.3, 0.4) is 0 Å². The molecule has 0 aliphatic heterocycles. The van der Waals surface area contributed by atoms with E-state index in [9.17, 15) is 82.4 Å². The Hall–Kier alpha value is -7.52. The summed E-state index contributed by atoms with van der Waals surface area (Å²) in [6.07, 6.45) is 1.32. The van der Waals surface area contributed by atoms with Crippen molar-refractivity contribution < 1.29 is 201 Å². The Kier molecular flexibility index (Phi) is 53.0. The molecular formula is C73H96N7Na3O23. The molecule has 5 amide bonds. The molecule has 6 atom stereocenters. The molecule has 30 nitrogen and oxygen atoms in total. The number of ether oxygens (including phenoxy) is 3. The molecule has 564 valence electrons. The van der Waals surface area contributed by atoms with Gasteiger partial charge in [-0.2, -0.15) is 0 Å². The normalized spacial score (nSPS) is 12.0. The number of ketones is 3. The predicted octanol–water partition coefficient (Wildman–Crippen LogP) is -5.82. The SMILES string of the molecule is CCC(CCC(=O)NC(CCC(=O)O)C(=O)O)C(C)=O.CCC(CCC(=O)NC(CCC(=O)[O-])C(=O)[O-])C(=O)CC(CCC(=O)NC(CCC(=O)OCc1ccc(COc2ncccc2C(=O)N(CC)CC)cc1)C(=O)[O-])C(C)=O.CCN(CC)C(=O)c1cccnc1OCc1ccc(CO)cc1.[Na+].[Na+].[Na+]. The van der Waals surface area contributed by atoms with Crippen molar-refractivity contribution in [2.24, 2.45) is 17.8 Å². The van der Waals surface area contributed by atoms with Gasteiger partial charge in [-0.3, -0.25) is 47.9 Å². The minimum Gasteiger partial charge on any atom is -0.550 e. The Balaban J connectivity index is 0. The van der Waals surface area contributed by atoms with Crippen LogP contribution in [-0.4, -0.2) is 162 Å². The van der Waals surface area contributed by atoms with E-state index in [0.717, 1.165) is 16.7 Å². The maximum Gasteiger partial charge on any atom is 1.00 e. The Labute approximate surface area is 683 Å². The second-order valence-corrected chi connectivity index (χ2v) is 23.8. The molecule has 0 fully saturated rings. The van der Waals surface area contributed by atoms with Gasteiger partial charge in [0.1, 0.15) is 54.3 Å². The summed E-state index contributed by atoms with van der Waals surface area (Å²) < 4.78 is 16.8. The van der Waals surface area contributed by atoms with Crippen molar-refractivity contribution in [3.8, 4) is 11.8 Å². The van der Waals surface area contributed by atoms with Crippen LogP contribution < -0.4 is 129 Å². The van der Waals surface area contributed by atoms with E-state index in [0.29, 0.717) is 74.6 Å². The molecule has 6 unspecified atom stereocenters. The van der Waals surface area contributed by atoms with Crippen molar-refractivity contribution >= 4 is 82.7 Å². The van der Waals surface area contributed by atoms with Crippen LogP contribution in [0.2, 0.25) is 0 Å². The van der Waals surface area contributed by atoms with Gasteiger partial charge >= 0.3 is 107 Å². The fraction of sp³-hybridized carbons (Fsp3) is 0.507. The van der Waals surface area contributed by atoms with E-state index in [4.69, 9.17) is 29.5 Å². The fourth-order valence-corrected chi connectivity index (χ4v) is 10.1. The van der Waals surface area contributed by atoms with E-state index in [1.54, 1.807) is 71.5 Å². The maximum absolute atomic E-state index is 13.1. The molecule has 0 spiro atoms. The predicted molar refractivity (Wildman–Crippen MR) is 364 cm³/mol. The quantitative estimate of drug-likeness (QED) is 0.0177. The standard InChI is InChI=1S/C42H56N4O14.C18H22N2O3.C13H21NO6.3Na/c1-5-29(14-18-35(49)44-32(41(55)56)16-20-37(51)52)34(48)23-30(26(4)47)15-19-36(50)45-33(42(57)58)17-21-38(53)59-24-27-10-12-28(13-11-27)25-60-39-31(9-8-22-43-39)40(54)46(6-2)7-3;1-3-20(4-2)18(22)16-6-5-11-19-17(16)23-13-15-9-7-14(12-21)8-10-15;1-3-9(8(2)15)4-6-11(16)14-10(13(19)20)5-7-12(17)18;;;/h8-13,22,29-30,32-33H,5-7,14-21,23-25H2,1-4H3,(H,44,49)(H,45,50)(H,51,52)(H,55,56)(H,57,58);5-11,21H,3-4,12-13H2,1-2H3;9-10H,3-7H2,1-2H3,(H,14,16)(H,17,18)(H,19,20);;;/q;;;3*+1/p-3. The Bertz CT molecular complexity index is 3470.